The molecule has 1 saturated heterocycles. The van der Waals surface area contributed by atoms with Crippen LogP contribution in [-0.2, 0) is 12.7 Å². The first-order valence-corrected chi connectivity index (χ1v) is 11.7. The summed E-state index contributed by atoms with van der Waals surface area (Å²) in [5.41, 5.74) is 2.42. The molecule has 9 heteroatoms. The Hall–Kier alpha value is -3.39. The van der Waals surface area contributed by atoms with Gasteiger partial charge in [0.15, 0.2) is 0 Å². The fourth-order valence-electron chi connectivity index (χ4n) is 4.51. The van der Waals surface area contributed by atoms with Gasteiger partial charge in [0.25, 0.3) is 0 Å². The van der Waals surface area contributed by atoms with E-state index in [0.29, 0.717) is 42.1 Å². The quantitative estimate of drug-likeness (QED) is 0.428. The van der Waals surface area contributed by atoms with Crippen molar-refractivity contribution in [3.8, 4) is 5.75 Å². The molecule has 3 aromatic rings. The maximum absolute atomic E-state index is 13.6. The van der Waals surface area contributed by atoms with Gasteiger partial charge in [0, 0.05) is 36.9 Å². The SMILES string of the molecule is COc1ccc(C(F)(F)F)cc1N1Cc2ccccc2N=C1N1CCN(c2cccc(Cl)c2)CC1. The van der Waals surface area contributed by atoms with Crippen LogP contribution in [0.3, 0.4) is 0 Å². The van der Waals surface area contributed by atoms with E-state index in [1.54, 1.807) is 0 Å². The van der Waals surface area contributed by atoms with Gasteiger partial charge in [0.2, 0.25) is 5.96 Å². The molecular formula is C26H24ClF3N4O. The van der Waals surface area contributed by atoms with Crippen LogP contribution in [0.4, 0.5) is 30.2 Å². The molecule has 0 amide bonds. The Kier molecular flexibility index (Phi) is 6.23. The Labute approximate surface area is 207 Å². The van der Waals surface area contributed by atoms with Gasteiger partial charge in [-0.25, -0.2) is 4.99 Å². The lowest BCUT2D eigenvalue weighted by Gasteiger charge is -2.42. The fraction of sp³-hybridized carbons (Fsp3) is 0.269. The maximum atomic E-state index is 13.6. The molecule has 5 nitrogen and oxygen atoms in total. The number of piperazine rings is 1. The van der Waals surface area contributed by atoms with E-state index in [1.807, 2.05) is 53.4 Å². The van der Waals surface area contributed by atoms with E-state index in [1.165, 1.54) is 13.2 Å². The highest BCUT2D eigenvalue weighted by molar-refractivity contribution is 6.30. The van der Waals surface area contributed by atoms with Crippen molar-refractivity contribution in [3.63, 3.8) is 0 Å². The average Bonchev–Trinajstić information content (AvgIpc) is 2.87. The van der Waals surface area contributed by atoms with Gasteiger partial charge < -0.3 is 19.4 Å². The van der Waals surface area contributed by atoms with Crippen molar-refractivity contribution in [1.29, 1.82) is 0 Å². The van der Waals surface area contributed by atoms with E-state index in [0.717, 1.165) is 42.2 Å². The average molecular weight is 501 g/mol. The van der Waals surface area contributed by atoms with E-state index < -0.39 is 11.7 Å². The first-order valence-electron chi connectivity index (χ1n) is 11.3. The second kappa shape index (κ2) is 9.34. The largest absolute Gasteiger partial charge is 0.495 e. The predicted molar refractivity (Wildman–Crippen MR) is 133 cm³/mol. The zero-order valence-corrected chi connectivity index (χ0v) is 19.9. The summed E-state index contributed by atoms with van der Waals surface area (Å²) in [7, 11) is 1.46. The molecule has 2 aliphatic rings. The van der Waals surface area contributed by atoms with Gasteiger partial charge in [-0.15, -0.1) is 0 Å². The summed E-state index contributed by atoms with van der Waals surface area (Å²) in [6.45, 7) is 3.17. The number of alkyl halides is 3. The van der Waals surface area contributed by atoms with E-state index in [2.05, 4.69) is 9.80 Å². The molecule has 0 spiro atoms. The third-order valence-corrected chi connectivity index (χ3v) is 6.55. The summed E-state index contributed by atoms with van der Waals surface area (Å²) in [6, 6.07) is 19.0. The Bertz CT molecular complexity index is 1260. The number of hydrogen-bond acceptors (Lipinski definition) is 5. The number of methoxy groups -OCH3 is 1. The van der Waals surface area contributed by atoms with Crippen molar-refractivity contribution in [2.24, 2.45) is 4.99 Å². The number of benzene rings is 3. The number of rotatable bonds is 3. The summed E-state index contributed by atoms with van der Waals surface area (Å²) in [4.78, 5) is 11.1. The standard InChI is InChI=1S/C26H24ClF3N4O/c1-35-24-10-9-19(26(28,29)30)15-23(24)34-17-18-5-2-3-8-22(18)31-25(34)33-13-11-32(12-14-33)21-7-4-6-20(27)16-21/h2-10,15-16H,11-14,17H2,1H3. The summed E-state index contributed by atoms with van der Waals surface area (Å²) >= 11 is 6.17. The summed E-state index contributed by atoms with van der Waals surface area (Å²) in [6.07, 6.45) is -4.46. The van der Waals surface area contributed by atoms with Crippen LogP contribution in [0.5, 0.6) is 5.75 Å². The van der Waals surface area contributed by atoms with Crippen LogP contribution in [-0.4, -0.2) is 44.1 Å². The molecule has 1 fully saturated rings. The second-order valence-electron chi connectivity index (χ2n) is 8.47. The van der Waals surface area contributed by atoms with Crippen molar-refractivity contribution in [2.45, 2.75) is 12.7 Å². The van der Waals surface area contributed by atoms with Gasteiger partial charge in [-0.05, 0) is 48.0 Å². The normalized spacial score (nSPS) is 16.1. The number of halogens is 4. The van der Waals surface area contributed by atoms with Crippen LogP contribution in [0.25, 0.3) is 0 Å². The number of para-hydroxylation sites is 1. The third kappa shape index (κ3) is 4.75. The van der Waals surface area contributed by atoms with E-state index in [9.17, 15) is 13.2 Å². The molecule has 5 rings (SSSR count). The summed E-state index contributed by atoms with van der Waals surface area (Å²) in [5.74, 6) is 0.981. The number of nitrogens with zero attached hydrogens (tertiary/aromatic N) is 4. The lowest BCUT2D eigenvalue weighted by atomic mass is 10.1. The van der Waals surface area contributed by atoms with Gasteiger partial charge >= 0.3 is 6.18 Å². The number of anilines is 2. The van der Waals surface area contributed by atoms with Crippen LogP contribution in [0.15, 0.2) is 71.7 Å². The van der Waals surface area contributed by atoms with E-state index >= 15 is 0 Å². The van der Waals surface area contributed by atoms with Crippen molar-refractivity contribution < 1.29 is 17.9 Å². The van der Waals surface area contributed by atoms with Gasteiger partial charge in [0.1, 0.15) is 5.75 Å². The topological polar surface area (TPSA) is 31.3 Å². The molecule has 2 aliphatic heterocycles. The fourth-order valence-corrected chi connectivity index (χ4v) is 4.70. The Morgan fingerprint density at radius 2 is 1.63 bits per heavy atom. The van der Waals surface area contributed by atoms with Crippen molar-refractivity contribution in [1.82, 2.24) is 4.90 Å². The molecular weight excluding hydrogens is 477 g/mol. The minimum Gasteiger partial charge on any atom is -0.495 e. The summed E-state index contributed by atoms with van der Waals surface area (Å²) in [5, 5.41) is 0.681. The van der Waals surface area contributed by atoms with Gasteiger partial charge in [0.05, 0.1) is 30.6 Å². The summed E-state index contributed by atoms with van der Waals surface area (Å²) < 4.78 is 46.2. The number of hydrogen-bond donors (Lipinski definition) is 0. The van der Waals surface area contributed by atoms with E-state index in [-0.39, 0.29) is 0 Å². The van der Waals surface area contributed by atoms with Crippen LogP contribution >= 0.6 is 11.6 Å². The van der Waals surface area contributed by atoms with Crippen LogP contribution < -0.4 is 14.5 Å². The van der Waals surface area contributed by atoms with Crippen molar-refractivity contribution in [3.05, 3.63) is 82.9 Å². The number of guanidine groups is 1. The zero-order valence-electron chi connectivity index (χ0n) is 19.1. The smallest absolute Gasteiger partial charge is 0.416 e. The Balaban J connectivity index is 1.49. The maximum Gasteiger partial charge on any atom is 0.416 e. The molecule has 0 aromatic heterocycles. The molecule has 0 saturated carbocycles. The zero-order chi connectivity index (χ0) is 24.6. The van der Waals surface area contributed by atoms with Gasteiger partial charge in [-0.3, -0.25) is 0 Å². The van der Waals surface area contributed by atoms with Crippen LogP contribution in [0.1, 0.15) is 11.1 Å². The lowest BCUT2D eigenvalue weighted by Crippen LogP contribution is -2.54. The minimum absolute atomic E-state index is 0.341. The van der Waals surface area contributed by atoms with Crippen LogP contribution in [0, 0.1) is 0 Å². The monoisotopic (exact) mass is 500 g/mol. The highest BCUT2D eigenvalue weighted by Gasteiger charge is 2.34. The Morgan fingerprint density at radius 1 is 0.886 bits per heavy atom. The van der Waals surface area contributed by atoms with Crippen molar-refractivity contribution >= 4 is 34.6 Å². The second-order valence-corrected chi connectivity index (χ2v) is 8.90. The molecule has 0 bridgehead atoms. The molecule has 182 valence electrons. The first kappa shape index (κ1) is 23.4. The molecule has 2 heterocycles. The van der Waals surface area contributed by atoms with Crippen LogP contribution in [0.2, 0.25) is 5.02 Å². The molecule has 0 N–H and O–H groups in total. The number of fused-ring (bicyclic) bond motifs is 1. The van der Waals surface area contributed by atoms with Crippen molar-refractivity contribution in [2.75, 3.05) is 43.1 Å². The number of aliphatic imine (C=N–C) groups is 1. The molecule has 0 aliphatic carbocycles. The molecule has 0 radical (unpaired) electrons. The first-order chi connectivity index (χ1) is 16.8. The highest BCUT2D eigenvalue weighted by Crippen LogP contribution is 2.40. The molecule has 0 atom stereocenters. The molecule has 35 heavy (non-hydrogen) atoms. The predicted octanol–water partition coefficient (Wildman–Crippen LogP) is 6.20. The highest BCUT2D eigenvalue weighted by atomic mass is 35.5. The number of ether oxygens (including phenoxy) is 1. The van der Waals surface area contributed by atoms with E-state index in [4.69, 9.17) is 21.3 Å². The lowest BCUT2D eigenvalue weighted by molar-refractivity contribution is -0.137. The Morgan fingerprint density at radius 3 is 2.34 bits per heavy atom. The van der Waals surface area contributed by atoms with Gasteiger partial charge in [-0.2, -0.15) is 13.2 Å². The third-order valence-electron chi connectivity index (χ3n) is 6.31. The van der Waals surface area contributed by atoms with Gasteiger partial charge in [-0.1, -0.05) is 35.9 Å². The molecule has 0 unspecified atom stereocenters. The minimum atomic E-state index is -4.46. The molecule has 3 aromatic carbocycles.